The van der Waals surface area contributed by atoms with Crippen LogP contribution in [-0.4, -0.2) is 43.0 Å². The van der Waals surface area contributed by atoms with E-state index in [-0.39, 0.29) is 24.3 Å². The third kappa shape index (κ3) is 11.5. The van der Waals surface area contributed by atoms with Crippen LogP contribution in [0.4, 0.5) is 0 Å². The fraction of sp³-hybridized carbons (Fsp3) is 0.833. The zero-order valence-corrected chi connectivity index (χ0v) is 17.0. The third-order valence-electron chi connectivity index (χ3n) is 3.46. The van der Waals surface area contributed by atoms with Crippen LogP contribution in [0.1, 0.15) is 67.2 Å². The van der Waals surface area contributed by atoms with Crippen molar-refractivity contribution in [3.05, 3.63) is 0 Å². The van der Waals surface area contributed by atoms with Gasteiger partial charge in [0.2, 0.25) is 6.17 Å². The first-order valence-corrected chi connectivity index (χ1v) is 9.37. The van der Waals surface area contributed by atoms with E-state index in [0.29, 0.717) is 12.5 Å². The number of rotatable bonds is 11. The summed E-state index contributed by atoms with van der Waals surface area (Å²) in [5, 5.41) is 10.4. The van der Waals surface area contributed by atoms with Gasteiger partial charge in [0.05, 0.1) is 18.8 Å². The van der Waals surface area contributed by atoms with Gasteiger partial charge in [-0.15, -0.1) is 0 Å². The molecule has 0 amide bonds. The number of nitrogens with two attached hydrogens (primary N) is 1. The van der Waals surface area contributed by atoms with E-state index in [4.69, 9.17) is 25.4 Å². The Balaban J connectivity index is 4.94. The van der Waals surface area contributed by atoms with Gasteiger partial charge in [-0.25, -0.2) is 4.79 Å². The first kappa shape index (κ1) is 24.0. The van der Waals surface area contributed by atoms with Crippen LogP contribution in [0.3, 0.4) is 0 Å². The molecule has 0 heterocycles. The molecule has 26 heavy (non-hydrogen) atoms. The number of hydrogen-bond acceptors (Lipinski definition) is 6. The molecule has 8 heteroatoms. The van der Waals surface area contributed by atoms with E-state index in [0.717, 1.165) is 25.7 Å². The lowest BCUT2D eigenvalue weighted by Crippen LogP contribution is -2.44. The highest BCUT2D eigenvalue weighted by atomic mass is 16.5. The van der Waals surface area contributed by atoms with Crippen LogP contribution < -0.4 is 11.1 Å². The Kier molecular flexibility index (Phi) is 12.2. The second-order valence-electron chi connectivity index (χ2n) is 6.72. The molecule has 0 fully saturated rings. The molecular formula is C18H36N4O4. The van der Waals surface area contributed by atoms with Gasteiger partial charge in [-0.2, -0.15) is 4.99 Å². The number of amidine groups is 2. The Morgan fingerprint density at radius 2 is 1.77 bits per heavy atom. The molecule has 2 atom stereocenters. The Morgan fingerprint density at radius 1 is 1.15 bits per heavy atom. The van der Waals surface area contributed by atoms with Gasteiger partial charge in [-0.05, 0) is 40.0 Å². The van der Waals surface area contributed by atoms with Crippen molar-refractivity contribution < 1.29 is 19.0 Å². The molecule has 0 aromatic carbocycles. The molecule has 0 saturated carbocycles. The normalized spacial score (nSPS) is 14.1. The molecule has 152 valence electrons. The topological polar surface area (TPSA) is 119 Å². The van der Waals surface area contributed by atoms with Crippen molar-refractivity contribution in [1.29, 1.82) is 5.41 Å². The predicted octanol–water partition coefficient (Wildman–Crippen LogP) is 2.76. The lowest BCUT2D eigenvalue weighted by Gasteiger charge is -2.20. The van der Waals surface area contributed by atoms with E-state index < -0.39 is 12.1 Å². The van der Waals surface area contributed by atoms with Crippen molar-refractivity contribution in [1.82, 2.24) is 5.32 Å². The Morgan fingerprint density at radius 3 is 2.27 bits per heavy atom. The second kappa shape index (κ2) is 13.2. The monoisotopic (exact) mass is 372 g/mol. The van der Waals surface area contributed by atoms with Gasteiger partial charge < -0.3 is 25.3 Å². The molecule has 0 bridgehead atoms. The minimum Gasteiger partial charge on any atom is -0.463 e. The highest BCUT2D eigenvalue weighted by Gasteiger charge is 2.23. The summed E-state index contributed by atoms with van der Waals surface area (Å²) in [5.74, 6) is -0.313. The fourth-order valence-electron chi connectivity index (χ4n) is 2.11. The number of nitrogens with one attached hydrogen (secondary N) is 2. The summed E-state index contributed by atoms with van der Waals surface area (Å²) in [6, 6.07) is -0.425. The van der Waals surface area contributed by atoms with Gasteiger partial charge in [0.1, 0.15) is 0 Å². The maximum atomic E-state index is 12.4. The van der Waals surface area contributed by atoms with Gasteiger partial charge in [0.15, 0.2) is 0 Å². The summed E-state index contributed by atoms with van der Waals surface area (Å²) in [6.07, 6.45) is 2.55. The summed E-state index contributed by atoms with van der Waals surface area (Å²) in [7, 11) is 0. The maximum Gasteiger partial charge on any atom is 0.351 e. The largest absolute Gasteiger partial charge is 0.463 e. The zero-order chi connectivity index (χ0) is 20.1. The average Bonchev–Trinajstić information content (AvgIpc) is 2.52. The first-order chi connectivity index (χ1) is 12.2. The summed E-state index contributed by atoms with van der Waals surface area (Å²) < 4.78 is 15.9. The Hall–Kier alpha value is -1.99. The predicted molar refractivity (Wildman–Crippen MR) is 103 cm³/mol. The van der Waals surface area contributed by atoms with Crippen molar-refractivity contribution >= 4 is 18.0 Å². The lowest BCUT2D eigenvalue weighted by molar-refractivity contribution is -0.147. The molecule has 0 radical (unpaired) electrons. The van der Waals surface area contributed by atoms with Crippen LogP contribution in [-0.2, 0) is 19.0 Å². The van der Waals surface area contributed by atoms with Crippen LogP contribution in [0.25, 0.3) is 0 Å². The number of carbonyl (C=O) groups is 1. The second-order valence-corrected chi connectivity index (χ2v) is 6.72. The van der Waals surface area contributed by atoms with E-state index in [1.807, 2.05) is 0 Å². The molecule has 0 rings (SSSR count). The number of hydrogen-bond donors (Lipinski definition) is 3. The molecule has 0 spiro atoms. The fourth-order valence-corrected chi connectivity index (χ4v) is 2.11. The third-order valence-corrected chi connectivity index (χ3v) is 3.46. The van der Waals surface area contributed by atoms with Crippen LogP contribution >= 0.6 is 0 Å². The molecule has 0 aliphatic heterocycles. The van der Waals surface area contributed by atoms with E-state index in [1.54, 1.807) is 27.7 Å². The molecule has 2 unspecified atom stereocenters. The molecule has 8 nitrogen and oxygen atoms in total. The van der Waals surface area contributed by atoms with Gasteiger partial charge in [0, 0.05) is 0 Å². The van der Waals surface area contributed by atoms with E-state index in [9.17, 15) is 4.79 Å². The Labute approximate surface area is 157 Å². The van der Waals surface area contributed by atoms with E-state index in [2.05, 4.69) is 24.2 Å². The number of ether oxygens (including phenoxy) is 3. The standard InChI is InChI=1S/C18H36N4O4/c1-7-9-10-14(8-2)11-24-16(23)15(21-17(19)25-12(3)4)22-18(20)26-13(5)6/h12-15H,7-11H2,1-6H3,(H2,19,21)(H2,20,22). The number of esters is 1. The highest BCUT2D eigenvalue weighted by molar-refractivity contribution is 5.84. The molecule has 0 aromatic rings. The highest BCUT2D eigenvalue weighted by Crippen LogP contribution is 2.13. The van der Waals surface area contributed by atoms with E-state index in [1.165, 1.54) is 0 Å². The Bertz CT molecular complexity index is 452. The van der Waals surface area contributed by atoms with Gasteiger partial charge in [-0.3, -0.25) is 5.41 Å². The van der Waals surface area contributed by atoms with Crippen molar-refractivity contribution in [3.63, 3.8) is 0 Å². The summed E-state index contributed by atoms with van der Waals surface area (Å²) in [4.78, 5) is 16.4. The van der Waals surface area contributed by atoms with Crippen LogP contribution in [0.15, 0.2) is 4.99 Å². The summed E-state index contributed by atoms with van der Waals surface area (Å²) >= 11 is 0. The minimum absolute atomic E-state index is 0.148. The van der Waals surface area contributed by atoms with Crippen molar-refractivity contribution in [3.8, 4) is 0 Å². The number of aliphatic imine (C=N–C) groups is 1. The quantitative estimate of drug-likeness (QED) is 0.291. The maximum absolute atomic E-state index is 12.4. The number of nitrogens with zero attached hydrogens (tertiary/aromatic N) is 1. The lowest BCUT2D eigenvalue weighted by atomic mass is 10.0. The molecule has 4 N–H and O–H groups in total. The van der Waals surface area contributed by atoms with Crippen LogP contribution in [0, 0.1) is 11.3 Å². The molecule has 0 aromatic heterocycles. The zero-order valence-electron chi connectivity index (χ0n) is 17.0. The van der Waals surface area contributed by atoms with Crippen LogP contribution in [0.5, 0.6) is 0 Å². The summed E-state index contributed by atoms with van der Waals surface area (Å²) in [5.41, 5.74) is 5.71. The van der Waals surface area contributed by atoms with Crippen LogP contribution in [0.2, 0.25) is 0 Å². The number of carbonyl (C=O) groups excluding carboxylic acids is 1. The van der Waals surface area contributed by atoms with Gasteiger partial charge in [-0.1, -0.05) is 33.1 Å². The minimum atomic E-state index is -1.19. The average molecular weight is 373 g/mol. The van der Waals surface area contributed by atoms with Crippen molar-refractivity contribution in [2.45, 2.75) is 85.6 Å². The van der Waals surface area contributed by atoms with Crippen molar-refractivity contribution in [2.24, 2.45) is 16.6 Å². The van der Waals surface area contributed by atoms with E-state index >= 15 is 0 Å². The molecule has 0 aliphatic rings. The number of unbranched alkanes of at least 4 members (excludes halogenated alkanes) is 1. The molecule has 0 saturated heterocycles. The first-order valence-electron chi connectivity index (χ1n) is 9.37. The SMILES string of the molecule is CCCCC(CC)COC(=O)C(N=C(N)OC(C)C)NC(=N)OC(C)C. The smallest absolute Gasteiger partial charge is 0.351 e. The van der Waals surface area contributed by atoms with Crippen molar-refractivity contribution in [2.75, 3.05) is 6.61 Å². The molecular weight excluding hydrogens is 336 g/mol. The molecule has 0 aliphatic carbocycles. The van der Waals surface area contributed by atoms with Gasteiger partial charge in [0.25, 0.3) is 12.0 Å². The van der Waals surface area contributed by atoms with Gasteiger partial charge >= 0.3 is 5.97 Å². The summed E-state index contributed by atoms with van der Waals surface area (Å²) in [6.45, 7) is 11.7.